The summed E-state index contributed by atoms with van der Waals surface area (Å²) in [4.78, 5) is 4.40. The number of aliphatic hydroxyl groups is 1. The van der Waals surface area contributed by atoms with Gasteiger partial charge in [0.15, 0.2) is 0 Å². The van der Waals surface area contributed by atoms with E-state index in [1.165, 1.54) is 5.01 Å². The monoisotopic (exact) mass is 185 g/mol. The first-order valence-electron chi connectivity index (χ1n) is 4.27. The molecule has 0 amide bonds. The molecule has 3 heteroatoms. The number of aromatic nitrogens is 1. The van der Waals surface area contributed by atoms with Gasteiger partial charge in [0.05, 0.1) is 5.01 Å². The van der Waals surface area contributed by atoms with Crippen LogP contribution in [-0.4, -0.2) is 16.7 Å². The van der Waals surface area contributed by atoms with Crippen molar-refractivity contribution in [2.24, 2.45) is 0 Å². The van der Waals surface area contributed by atoms with Gasteiger partial charge in [-0.15, -0.1) is 11.3 Å². The maximum Gasteiger partial charge on any atom is 0.0956 e. The molecule has 1 N–H and O–H groups in total. The molecule has 1 unspecified atom stereocenters. The summed E-state index contributed by atoms with van der Waals surface area (Å²) in [6.45, 7) is 4.46. The van der Waals surface area contributed by atoms with E-state index in [-0.39, 0.29) is 6.61 Å². The Balaban J connectivity index is 2.47. The first kappa shape index (κ1) is 9.68. The van der Waals surface area contributed by atoms with Crippen LogP contribution in [0.25, 0.3) is 0 Å². The summed E-state index contributed by atoms with van der Waals surface area (Å²) in [5.41, 5.74) is 1.10. The predicted molar refractivity (Wildman–Crippen MR) is 51.6 cm³/mol. The molecule has 1 aromatic heterocycles. The average molecular weight is 185 g/mol. The van der Waals surface area contributed by atoms with E-state index in [4.69, 9.17) is 5.11 Å². The molecule has 1 heterocycles. The molecule has 0 aromatic carbocycles. The molecule has 0 radical (unpaired) electrons. The lowest BCUT2D eigenvalue weighted by Crippen LogP contribution is -1.94. The van der Waals surface area contributed by atoms with Crippen LogP contribution in [0.5, 0.6) is 0 Å². The third-order valence-corrected chi connectivity index (χ3v) is 3.05. The van der Waals surface area contributed by atoms with Gasteiger partial charge < -0.3 is 5.11 Å². The zero-order chi connectivity index (χ0) is 8.97. The summed E-state index contributed by atoms with van der Waals surface area (Å²) >= 11 is 1.72. The number of aliphatic hydroxyl groups excluding tert-OH is 1. The third-order valence-electron chi connectivity index (χ3n) is 1.85. The van der Waals surface area contributed by atoms with Crippen LogP contribution in [0.15, 0.2) is 5.38 Å². The van der Waals surface area contributed by atoms with Crippen LogP contribution < -0.4 is 0 Å². The Hall–Kier alpha value is -0.410. The molecule has 68 valence electrons. The van der Waals surface area contributed by atoms with E-state index >= 15 is 0 Å². The lowest BCUT2D eigenvalue weighted by atomic mass is 10.1. The van der Waals surface area contributed by atoms with E-state index in [1.807, 2.05) is 6.92 Å². The fourth-order valence-electron chi connectivity index (χ4n) is 1.12. The van der Waals surface area contributed by atoms with Crippen molar-refractivity contribution in [3.63, 3.8) is 0 Å². The minimum Gasteiger partial charge on any atom is -0.396 e. The molecule has 0 aliphatic heterocycles. The molecular weight excluding hydrogens is 170 g/mol. The van der Waals surface area contributed by atoms with Gasteiger partial charge >= 0.3 is 0 Å². The van der Waals surface area contributed by atoms with Crippen LogP contribution in [0.4, 0.5) is 0 Å². The molecule has 0 saturated carbocycles. The topological polar surface area (TPSA) is 33.1 Å². The zero-order valence-electron chi connectivity index (χ0n) is 7.58. The number of hydrogen-bond donors (Lipinski definition) is 1. The van der Waals surface area contributed by atoms with Crippen LogP contribution in [0.3, 0.4) is 0 Å². The molecule has 0 bridgehead atoms. The lowest BCUT2D eigenvalue weighted by molar-refractivity contribution is 0.280. The van der Waals surface area contributed by atoms with Gasteiger partial charge in [-0.3, -0.25) is 0 Å². The Morgan fingerprint density at radius 2 is 2.42 bits per heavy atom. The van der Waals surface area contributed by atoms with Crippen molar-refractivity contribution >= 4 is 11.3 Å². The number of nitrogens with zero attached hydrogens (tertiary/aromatic N) is 1. The van der Waals surface area contributed by atoms with Crippen LogP contribution in [0.2, 0.25) is 0 Å². The Morgan fingerprint density at radius 3 is 2.92 bits per heavy atom. The molecule has 1 rings (SSSR count). The van der Waals surface area contributed by atoms with Gasteiger partial charge in [-0.05, 0) is 19.8 Å². The molecule has 0 spiro atoms. The van der Waals surface area contributed by atoms with Crippen LogP contribution >= 0.6 is 11.3 Å². The Bertz CT molecular complexity index is 234. The van der Waals surface area contributed by atoms with E-state index in [0.29, 0.717) is 5.92 Å². The van der Waals surface area contributed by atoms with Crippen LogP contribution in [-0.2, 0) is 0 Å². The van der Waals surface area contributed by atoms with Gasteiger partial charge in [0.25, 0.3) is 0 Å². The third kappa shape index (κ3) is 2.57. The number of aryl methyl sites for hydroxylation is 1. The van der Waals surface area contributed by atoms with Crippen molar-refractivity contribution in [3.8, 4) is 0 Å². The van der Waals surface area contributed by atoms with Crippen molar-refractivity contribution in [2.75, 3.05) is 6.61 Å². The summed E-state index contributed by atoms with van der Waals surface area (Å²) in [6.07, 6.45) is 1.91. The number of hydrogen-bond acceptors (Lipinski definition) is 3. The van der Waals surface area contributed by atoms with E-state index in [0.717, 1.165) is 18.5 Å². The zero-order valence-corrected chi connectivity index (χ0v) is 8.40. The molecule has 0 fully saturated rings. The van der Waals surface area contributed by atoms with Crippen molar-refractivity contribution in [1.29, 1.82) is 0 Å². The lowest BCUT2D eigenvalue weighted by Gasteiger charge is -2.05. The maximum absolute atomic E-state index is 8.65. The van der Waals surface area contributed by atoms with Crippen molar-refractivity contribution in [2.45, 2.75) is 32.6 Å². The SMILES string of the molecule is Cc1csc(C(C)CCCO)n1. The van der Waals surface area contributed by atoms with Gasteiger partial charge in [-0.1, -0.05) is 6.92 Å². The van der Waals surface area contributed by atoms with Crippen molar-refractivity contribution < 1.29 is 5.11 Å². The van der Waals surface area contributed by atoms with E-state index in [1.54, 1.807) is 11.3 Å². The summed E-state index contributed by atoms with van der Waals surface area (Å²) in [7, 11) is 0. The van der Waals surface area contributed by atoms with Crippen molar-refractivity contribution in [1.82, 2.24) is 4.98 Å². The summed E-state index contributed by atoms with van der Waals surface area (Å²) < 4.78 is 0. The second-order valence-corrected chi connectivity index (χ2v) is 3.98. The van der Waals surface area contributed by atoms with E-state index < -0.39 is 0 Å². The highest BCUT2D eigenvalue weighted by Gasteiger charge is 2.08. The summed E-state index contributed by atoms with van der Waals surface area (Å²) in [5.74, 6) is 0.496. The molecule has 1 aromatic rings. The van der Waals surface area contributed by atoms with Crippen LogP contribution in [0.1, 0.15) is 36.4 Å². The van der Waals surface area contributed by atoms with E-state index in [2.05, 4.69) is 17.3 Å². The highest BCUT2D eigenvalue weighted by atomic mass is 32.1. The smallest absolute Gasteiger partial charge is 0.0956 e. The van der Waals surface area contributed by atoms with Gasteiger partial charge in [0, 0.05) is 23.6 Å². The largest absolute Gasteiger partial charge is 0.396 e. The first-order chi connectivity index (χ1) is 5.74. The minimum absolute atomic E-state index is 0.286. The Labute approximate surface area is 77.3 Å². The summed E-state index contributed by atoms with van der Waals surface area (Å²) in [6, 6.07) is 0. The standard InChI is InChI=1S/C9H15NOS/c1-7(4-3-5-11)9-10-8(2)6-12-9/h6-7,11H,3-5H2,1-2H3. The average Bonchev–Trinajstić information content (AvgIpc) is 2.47. The van der Waals surface area contributed by atoms with E-state index in [9.17, 15) is 0 Å². The van der Waals surface area contributed by atoms with Gasteiger partial charge in [-0.25, -0.2) is 4.98 Å². The molecule has 12 heavy (non-hydrogen) atoms. The minimum atomic E-state index is 0.286. The van der Waals surface area contributed by atoms with Gasteiger partial charge in [0.1, 0.15) is 0 Å². The predicted octanol–water partition coefficient (Wildman–Crippen LogP) is 2.33. The highest BCUT2D eigenvalue weighted by Crippen LogP contribution is 2.23. The molecule has 0 aliphatic carbocycles. The normalized spacial score (nSPS) is 13.2. The summed E-state index contributed by atoms with van der Waals surface area (Å²) in [5, 5.41) is 11.9. The number of thiazole rings is 1. The number of rotatable bonds is 4. The van der Waals surface area contributed by atoms with Crippen molar-refractivity contribution in [3.05, 3.63) is 16.1 Å². The quantitative estimate of drug-likeness (QED) is 0.781. The molecule has 0 saturated heterocycles. The second kappa shape index (κ2) is 4.58. The highest BCUT2D eigenvalue weighted by molar-refractivity contribution is 7.09. The molecule has 2 nitrogen and oxygen atoms in total. The van der Waals surface area contributed by atoms with Gasteiger partial charge in [0.2, 0.25) is 0 Å². The van der Waals surface area contributed by atoms with Crippen LogP contribution in [0, 0.1) is 6.92 Å². The second-order valence-electron chi connectivity index (χ2n) is 3.09. The molecule has 1 atom stereocenters. The van der Waals surface area contributed by atoms with Gasteiger partial charge in [-0.2, -0.15) is 0 Å². The first-order valence-corrected chi connectivity index (χ1v) is 5.15. The Morgan fingerprint density at radius 1 is 1.67 bits per heavy atom. The fraction of sp³-hybridized carbons (Fsp3) is 0.667. The molecular formula is C9H15NOS. The maximum atomic E-state index is 8.65. The molecule has 0 aliphatic rings. The Kier molecular flexibility index (Phi) is 3.69. The fourth-order valence-corrected chi connectivity index (χ4v) is 2.01.